The van der Waals surface area contributed by atoms with Crippen LogP contribution in [-0.4, -0.2) is 97.3 Å². The van der Waals surface area contributed by atoms with Crippen LogP contribution in [-0.2, 0) is 45.5 Å². The minimum atomic E-state index is -4.44. The summed E-state index contributed by atoms with van der Waals surface area (Å²) < 4.78 is 40.3. The molecule has 0 spiro atoms. The van der Waals surface area contributed by atoms with E-state index in [4.69, 9.17) is 22.9 Å². The lowest BCUT2D eigenvalue weighted by Gasteiger charge is -2.24. The zero-order chi connectivity index (χ0) is 45.4. The molecular formula is C48H79NO11P+. The Kier molecular flexibility index (Phi) is 30.3. The van der Waals surface area contributed by atoms with Gasteiger partial charge in [0.2, 0.25) is 0 Å². The van der Waals surface area contributed by atoms with E-state index in [-0.39, 0.29) is 26.1 Å². The maximum atomic E-state index is 12.7. The topological polar surface area (TPSA) is 162 Å². The number of quaternary nitrogens is 1. The van der Waals surface area contributed by atoms with E-state index >= 15 is 0 Å². The number of carbonyl (C=O) groups excluding carboxylic acids is 2. The first-order valence-electron chi connectivity index (χ1n) is 22.2. The maximum absolute atomic E-state index is 12.7. The molecule has 0 radical (unpaired) electrons. The Balaban J connectivity index is 2.47. The van der Waals surface area contributed by atoms with E-state index in [1.165, 1.54) is 11.1 Å². The number of likely N-dealkylation sites (N-methyl/N-ethyl adjacent to an activating group) is 1. The summed E-state index contributed by atoms with van der Waals surface area (Å²) in [5.41, 5.74) is 2.55. The Hall–Kier alpha value is -3.35. The Bertz CT molecular complexity index is 1580. The molecule has 0 aliphatic carbocycles. The normalized spacial score (nSPS) is 15.2. The first-order chi connectivity index (χ1) is 29.1. The molecule has 4 atom stereocenters. The third-order valence-corrected chi connectivity index (χ3v) is 10.6. The van der Waals surface area contributed by atoms with Gasteiger partial charge in [-0.25, -0.2) is 4.57 Å². The fraction of sp³-hybridized carbons (Fsp3) is 0.625. The number of unbranched alkanes of at least 4 members (excludes halogenated alkanes) is 5. The molecule has 346 valence electrons. The van der Waals surface area contributed by atoms with E-state index in [2.05, 4.69) is 20.8 Å². The summed E-state index contributed by atoms with van der Waals surface area (Å²) in [4.78, 5) is 35.5. The van der Waals surface area contributed by atoms with Crippen LogP contribution in [0.15, 0.2) is 77.3 Å². The van der Waals surface area contributed by atoms with Crippen molar-refractivity contribution in [1.82, 2.24) is 0 Å². The van der Waals surface area contributed by atoms with Crippen LogP contribution in [0.1, 0.15) is 126 Å². The fourth-order valence-corrected chi connectivity index (χ4v) is 6.59. The van der Waals surface area contributed by atoms with Crippen molar-refractivity contribution in [2.75, 3.05) is 47.5 Å². The van der Waals surface area contributed by atoms with E-state index in [1.807, 2.05) is 64.5 Å². The molecule has 0 saturated heterocycles. The number of rotatable bonds is 35. The van der Waals surface area contributed by atoms with E-state index in [0.29, 0.717) is 43.1 Å². The average molecular weight is 877 g/mol. The van der Waals surface area contributed by atoms with Gasteiger partial charge in [0.05, 0.1) is 40.0 Å². The number of phosphoric ester groups is 1. The van der Waals surface area contributed by atoms with Crippen LogP contribution in [0.2, 0.25) is 0 Å². The van der Waals surface area contributed by atoms with Crippen molar-refractivity contribution >= 4 is 19.8 Å². The number of hydrogen-bond acceptors (Lipinski definition) is 10. The predicted octanol–water partition coefficient (Wildman–Crippen LogP) is 9.84. The molecule has 12 nitrogen and oxygen atoms in total. The third-order valence-electron chi connectivity index (χ3n) is 9.60. The highest BCUT2D eigenvalue weighted by molar-refractivity contribution is 7.47. The van der Waals surface area contributed by atoms with Gasteiger partial charge in [-0.05, 0) is 76.3 Å². The van der Waals surface area contributed by atoms with E-state index in [9.17, 15) is 29.3 Å². The zero-order valence-corrected chi connectivity index (χ0v) is 39.2. The number of esters is 2. The molecule has 13 heteroatoms. The van der Waals surface area contributed by atoms with Crippen LogP contribution in [0.3, 0.4) is 0 Å². The number of aliphatic hydroxyl groups is 2. The summed E-state index contributed by atoms with van der Waals surface area (Å²) in [5, 5.41) is 20.0. The number of allylic oxidation sites excluding steroid dienone is 8. The largest absolute Gasteiger partial charge is 0.472 e. The first-order valence-corrected chi connectivity index (χ1v) is 23.7. The molecule has 0 amide bonds. The molecule has 1 aromatic heterocycles. The molecule has 0 aliphatic heterocycles. The molecule has 1 aromatic rings. The summed E-state index contributed by atoms with van der Waals surface area (Å²) in [7, 11) is 1.32. The number of hydrogen-bond donors (Lipinski definition) is 3. The number of aryl methyl sites for hydroxylation is 2. The minimum absolute atomic E-state index is 0.0142. The average Bonchev–Trinajstić information content (AvgIpc) is 3.46. The van der Waals surface area contributed by atoms with Crippen molar-refractivity contribution in [2.24, 2.45) is 0 Å². The Morgan fingerprint density at radius 3 is 1.93 bits per heavy atom. The first kappa shape index (κ1) is 55.7. The highest BCUT2D eigenvalue weighted by atomic mass is 31.2. The van der Waals surface area contributed by atoms with Crippen LogP contribution in [0.5, 0.6) is 0 Å². The van der Waals surface area contributed by atoms with Gasteiger partial charge in [0.15, 0.2) is 6.10 Å². The molecular weight excluding hydrogens is 797 g/mol. The summed E-state index contributed by atoms with van der Waals surface area (Å²) in [6, 6.07) is 0. The summed E-state index contributed by atoms with van der Waals surface area (Å²) >= 11 is 0. The van der Waals surface area contributed by atoms with Gasteiger partial charge in [0, 0.05) is 25.7 Å². The molecule has 0 bridgehead atoms. The lowest BCUT2D eigenvalue weighted by molar-refractivity contribution is -0.870. The summed E-state index contributed by atoms with van der Waals surface area (Å²) in [6.07, 6.45) is 31.8. The predicted molar refractivity (Wildman–Crippen MR) is 244 cm³/mol. The molecule has 61 heavy (non-hydrogen) atoms. The van der Waals surface area contributed by atoms with Crippen LogP contribution in [0, 0.1) is 13.8 Å². The van der Waals surface area contributed by atoms with Gasteiger partial charge in [0.1, 0.15) is 31.3 Å². The molecule has 3 N–H and O–H groups in total. The fourth-order valence-electron chi connectivity index (χ4n) is 5.85. The molecule has 1 heterocycles. The van der Waals surface area contributed by atoms with Crippen LogP contribution in [0.4, 0.5) is 0 Å². The molecule has 0 aliphatic rings. The van der Waals surface area contributed by atoms with Gasteiger partial charge in [-0.15, -0.1) is 0 Å². The van der Waals surface area contributed by atoms with Crippen molar-refractivity contribution in [3.05, 3.63) is 95.6 Å². The minimum Gasteiger partial charge on any atom is -0.466 e. The van der Waals surface area contributed by atoms with Crippen LogP contribution in [0.25, 0.3) is 0 Å². The molecule has 0 aromatic carbocycles. The van der Waals surface area contributed by atoms with E-state index in [1.54, 1.807) is 36.5 Å². The van der Waals surface area contributed by atoms with Gasteiger partial charge >= 0.3 is 19.8 Å². The second kappa shape index (κ2) is 33.2. The monoisotopic (exact) mass is 877 g/mol. The Morgan fingerprint density at radius 1 is 0.721 bits per heavy atom. The SMILES string of the molecule is CC/C=C\C[C@H](O)/C=C/C=C\C=C\[C@H](O)C/C=C\C/C=C\CCC(=O)O[C@H](COC(=O)CCCCCCCCc1oc(CCC)c(C)c1C)COP(=O)(O)OCC[N+](C)(C)C. The number of carbonyl (C=O) groups is 2. The van der Waals surface area contributed by atoms with Crippen molar-refractivity contribution in [3.8, 4) is 0 Å². The highest BCUT2D eigenvalue weighted by Gasteiger charge is 2.27. The maximum Gasteiger partial charge on any atom is 0.472 e. The van der Waals surface area contributed by atoms with E-state index in [0.717, 1.165) is 69.3 Å². The number of phosphoric acid groups is 1. The van der Waals surface area contributed by atoms with Gasteiger partial charge in [-0.1, -0.05) is 112 Å². The van der Waals surface area contributed by atoms with Crippen LogP contribution < -0.4 is 0 Å². The van der Waals surface area contributed by atoms with Gasteiger partial charge in [-0.2, -0.15) is 0 Å². The van der Waals surface area contributed by atoms with Crippen molar-refractivity contribution in [3.63, 3.8) is 0 Å². The molecule has 1 unspecified atom stereocenters. The number of nitrogens with zero attached hydrogens (tertiary/aromatic N) is 1. The van der Waals surface area contributed by atoms with E-state index < -0.39 is 44.7 Å². The van der Waals surface area contributed by atoms with Gasteiger partial charge in [0.25, 0.3) is 0 Å². The van der Waals surface area contributed by atoms with Crippen LogP contribution >= 0.6 is 7.82 Å². The Labute approximate surface area is 367 Å². The third kappa shape index (κ3) is 30.4. The lowest BCUT2D eigenvalue weighted by Crippen LogP contribution is -2.37. The van der Waals surface area contributed by atoms with Crippen molar-refractivity contribution in [2.45, 2.75) is 149 Å². The summed E-state index contributed by atoms with van der Waals surface area (Å²) in [6.45, 7) is 8.15. The van der Waals surface area contributed by atoms with Crippen molar-refractivity contribution < 1.29 is 56.7 Å². The van der Waals surface area contributed by atoms with Gasteiger partial charge in [-0.3, -0.25) is 18.6 Å². The smallest absolute Gasteiger partial charge is 0.466 e. The number of aliphatic hydroxyl groups excluding tert-OH is 2. The molecule has 0 saturated carbocycles. The second-order valence-corrected chi connectivity index (χ2v) is 17.8. The standard InChI is InChI=1S/C48H78NO11P/c1-8-10-21-29-42(50)31-23-19-20-24-32-43(51)30-22-15-11-13-18-27-35-48(53)59-44(39-58-61(54,55)57-37-36-49(5,6)7)38-56-47(52)34-26-17-14-12-16-25-33-46-41(4)40(3)45(60-46)28-9-2/h10,13,15,18-24,31-32,42-44,50-51H,8-9,11-12,14,16-17,25-30,33-39H2,1-7H3/p+1/b18-13-,20-19-,21-10-,22-15-,31-23+,32-24+/t42-,43+,44+/m0/s1. The highest BCUT2D eigenvalue weighted by Crippen LogP contribution is 2.43. The molecule has 0 fully saturated rings. The number of ether oxygens (including phenoxy) is 2. The van der Waals surface area contributed by atoms with Crippen molar-refractivity contribution in [1.29, 1.82) is 0 Å². The summed E-state index contributed by atoms with van der Waals surface area (Å²) in [5.74, 6) is 1.21. The molecule has 1 rings (SSSR count). The quantitative estimate of drug-likeness (QED) is 0.0149. The Morgan fingerprint density at radius 2 is 1.31 bits per heavy atom. The second-order valence-electron chi connectivity index (χ2n) is 16.3. The number of furan rings is 1. The van der Waals surface area contributed by atoms with Gasteiger partial charge < -0.3 is 33.5 Å². The lowest BCUT2D eigenvalue weighted by atomic mass is 10.0. The zero-order valence-electron chi connectivity index (χ0n) is 38.3.